The van der Waals surface area contributed by atoms with Gasteiger partial charge < -0.3 is 10.7 Å². The molecule has 3 N–H and O–H groups in total. The normalized spacial score (nSPS) is 20.8. The molecule has 0 radical (unpaired) electrons. The molecule has 0 saturated heterocycles. The van der Waals surface area contributed by atoms with Gasteiger partial charge in [0.15, 0.2) is 0 Å². The Morgan fingerprint density at radius 2 is 2.19 bits per heavy atom. The molecule has 0 spiro atoms. The molecule has 84 valence electrons. The number of aryl methyl sites for hydroxylation is 1. The minimum Gasteiger partial charge on any atom is -0.357 e. The summed E-state index contributed by atoms with van der Waals surface area (Å²) in [6, 6.07) is 6.52. The molecule has 0 aliphatic heterocycles. The van der Waals surface area contributed by atoms with Crippen LogP contribution in [0.1, 0.15) is 36.6 Å². The van der Waals surface area contributed by atoms with Crippen LogP contribution in [0.4, 0.5) is 0 Å². The molecule has 16 heavy (non-hydrogen) atoms. The summed E-state index contributed by atoms with van der Waals surface area (Å²) >= 11 is 3.59. The molecule has 3 heteroatoms. The summed E-state index contributed by atoms with van der Waals surface area (Å²) in [5, 5.41) is 1.29. The first kappa shape index (κ1) is 10.4. The van der Waals surface area contributed by atoms with Gasteiger partial charge in [-0.3, -0.25) is 0 Å². The fraction of sp³-hybridized carbons (Fsp3) is 0.385. The Morgan fingerprint density at radius 3 is 3.06 bits per heavy atom. The summed E-state index contributed by atoms with van der Waals surface area (Å²) in [5.41, 5.74) is 10.2. The highest BCUT2D eigenvalue weighted by molar-refractivity contribution is 9.10. The summed E-state index contributed by atoms with van der Waals surface area (Å²) in [4.78, 5) is 3.53. The predicted octanol–water partition coefficient (Wildman–Crippen LogP) is 3.66. The number of aromatic nitrogens is 1. The van der Waals surface area contributed by atoms with Gasteiger partial charge >= 0.3 is 0 Å². The maximum absolute atomic E-state index is 6.27. The Hall–Kier alpha value is -0.800. The predicted molar refractivity (Wildman–Crippen MR) is 70.5 cm³/mol. The highest BCUT2D eigenvalue weighted by Crippen LogP contribution is 2.35. The van der Waals surface area contributed by atoms with Crippen LogP contribution in [0.3, 0.4) is 0 Å². The van der Waals surface area contributed by atoms with Crippen LogP contribution in [0.15, 0.2) is 22.7 Å². The van der Waals surface area contributed by atoms with E-state index in [4.69, 9.17) is 5.73 Å². The average Bonchev–Trinajstić information content (AvgIpc) is 2.55. The van der Waals surface area contributed by atoms with Crippen molar-refractivity contribution in [1.29, 1.82) is 0 Å². The zero-order valence-electron chi connectivity index (χ0n) is 9.09. The number of fused-ring (bicyclic) bond motifs is 3. The van der Waals surface area contributed by atoms with Crippen LogP contribution in [0.25, 0.3) is 10.9 Å². The third-order valence-electron chi connectivity index (χ3n) is 3.47. The third kappa shape index (κ3) is 1.50. The molecule has 0 fully saturated rings. The molecule has 1 aromatic heterocycles. The van der Waals surface area contributed by atoms with E-state index in [1.807, 2.05) is 0 Å². The van der Waals surface area contributed by atoms with Crippen molar-refractivity contribution in [3.63, 3.8) is 0 Å². The molecule has 1 aliphatic rings. The average molecular weight is 279 g/mol. The monoisotopic (exact) mass is 278 g/mol. The standard InChI is InChI=1S/C13H15BrN2/c14-9-5-3-4-8-12-10(15)6-1-2-7-11(12)16-13(8)9/h3-5,10,16H,1-2,6-7,15H2. The van der Waals surface area contributed by atoms with Gasteiger partial charge in [0, 0.05) is 21.6 Å². The number of aromatic amines is 1. The first-order chi connectivity index (χ1) is 7.77. The number of benzene rings is 1. The fourth-order valence-electron chi connectivity index (χ4n) is 2.69. The second kappa shape index (κ2) is 3.90. The molecule has 0 saturated carbocycles. The Kier molecular flexibility index (Phi) is 2.52. The molecule has 0 amide bonds. The molecular formula is C13H15BrN2. The summed E-state index contributed by atoms with van der Waals surface area (Å²) in [7, 11) is 0. The van der Waals surface area contributed by atoms with Crippen LogP contribution in [0, 0.1) is 0 Å². The molecule has 1 aromatic carbocycles. The Labute approximate surface area is 103 Å². The van der Waals surface area contributed by atoms with E-state index in [0.29, 0.717) is 0 Å². The van der Waals surface area contributed by atoms with E-state index in [1.54, 1.807) is 0 Å². The molecule has 1 aliphatic carbocycles. The molecule has 2 aromatic rings. The molecule has 2 nitrogen and oxygen atoms in total. The molecule has 1 unspecified atom stereocenters. The van der Waals surface area contributed by atoms with Gasteiger partial charge in [-0.2, -0.15) is 0 Å². The summed E-state index contributed by atoms with van der Waals surface area (Å²) in [5.74, 6) is 0. The van der Waals surface area contributed by atoms with E-state index in [1.165, 1.54) is 35.0 Å². The van der Waals surface area contributed by atoms with Crippen LogP contribution in [-0.4, -0.2) is 4.98 Å². The number of para-hydroxylation sites is 1. The van der Waals surface area contributed by atoms with E-state index in [-0.39, 0.29) is 6.04 Å². The van der Waals surface area contributed by atoms with Crippen LogP contribution in [0.2, 0.25) is 0 Å². The number of H-pyrrole nitrogens is 1. The number of hydrogen-bond acceptors (Lipinski definition) is 1. The number of hydrogen-bond donors (Lipinski definition) is 2. The maximum atomic E-state index is 6.27. The van der Waals surface area contributed by atoms with Gasteiger partial charge in [0.25, 0.3) is 0 Å². The second-order valence-corrected chi connectivity index (χ2v) is 5.39. The minimum atomic E-state index is 0.195. The molecule has 0 bridgehead atoms. The molecule has 1 atom stereocenters. The van der Waals surface area contributed by atoms with Crippen molar-refractivity contribution in [2.75, 3.05) is 0 Å². The summed E-state index contributed by atoms with van der Waals surface area (Å²) in [6.07, 6.45) is 4.71. The van der Waals surface area contributed by atoms with E-state index < -0.39 is 0 Å². The van der Waals surface area contributed by atoms with E-state index in [0.717, 1.165) is 17.3 Å². The smallest absolute Gasteiger partial charge is 0.0603 e. The Morgan fingerprint density at radius 1 is 1.31 bits per heavy atom. The highest BCUT2D eigenvalue weighted by Gasteiger charge is 2.20. The lowest BCUT2D eigenvalue weighted by molar-refractivity contribution is 0.617. The minimum absolute atomic E-state index is 0.195. The number of nitrogens with one attached hydrogen (secondary N) is 1. The van der Waals surface area contributed by atoms with Crippen molar-refractivity contribution in [2.45, 2.75) is 31.7 Å². The lowest BCUT2D eigenvalue weighted by Crippen LogP contribution is -2.09. The highest BCUT2D eigenvalue weighted by atomic mass is 79.9. The number of nitrogens with two attached hydrogens (primary N) is 1. The number of halogens is 1. The quantitative estimate of drug-likeness (QED) is 0.710. The van der Waals surface area contributed by atoms with Gasteiger partial charge in [-0.05, 0) is 46.8 Å². The van der Waals surface area contributed by atoms with Crippen molar-refractivity contribution in [3.05, 3.63) is 33.9 Å². The van der Waals surface area contributed by atoms with Crippen molar-refractivity contribution in [2.24, 2.45) is 5.73 Å². The van der Waals surface area contributed by atoms with Crippen LogP contribution in [-0.2, 0) is 6.42 Å². The van der Waals surface area contributed by atoms with Crippen LogP contribution in [0.5, 0.6) is 0 Å². The van der Waals surface area contributed by atoms with Crippen LogP contribution >= 0.6 is 15.9 Å². The van der Waals surface area contributed by atoms with Gasteiger partial charge in [-0.25, -0.2) is 0 Å². The van der Waals surface area contributed by atoms with E-state index in [2.05, 4.69) is 39.1 Å². The summed E-state index contributed by atoms with van der Waals surface area (Å²) in [6.45, 7) is 0. The van der Waals surface area contributed by atoms with Gasteiger partial charge in [0.1, 0.15) is 0 Å². The van der Waals surface area contributed by atoms with E-state index in [9.17, 15) is 0 Å². The van der Waals surface area contributed by atoms with Crippen LogP contribution < -0.4 is 5.73 Å². The Balaban J connectivity index is 2.30. The van der Waals surface area contributed by atoms with Crippen molar-refractivity contribution < 1.29 is 0 Å². The molecule has 1 heterocycles. The number of rotatable bonds is 0. The Bertz CT molecular complexity index is 530. The third-order valence-corrected chi connectivity index (χ3v) is 4.13. The molecule has 3 rings (SSSR count). The first-order valence-corrected chi connectivity index (χ1v) is 6.61. The fourth-order valence-corrected chi connectivity index (χ4v) is 3.15. The zero-order chi connectivity index (χ0) is 11.1. The van der Waals surface area contributed by atoms with Crippen molar-refractivity contribution in [3.8, 4) is 0 Å². The van der Waals surface area contributed by atoms with Crippen molar-refractivity contribution in [1.82, 2.24) is 4.98 Å². The van der Waals surface area contributed by atoms with Gasteiger partial charge in [-0.15, -0.1) is 0 Å². The first-order valence-electron chi connectivity index (χ1n) is 5.82. The molecular weight excluding hydrogens is 264 g/mol. The summed E-state index contributed by atoms with van der Waals surface area (Å²) < 4.78 is 1.13. The second-order valence-electron chi connectivity index (χ2n) is 4.53. The van der Waals surface area contributed by atoms with Crippen molar-refractivity contribution >= 4 is 26.8 Å². The maximum Gasteiger partial charge on any atom is 0.0603 e. The largest absolute Gasteiger partial charge is 0.357 e. The van der Waals surface area contributed by atoms with Gasteiger partial charge in [0.2, 0.25) is 0 Å². The van der Waals surface area contributed by atoms with Gasteiger partial charge in [0.05, 0.1) is 5.52 Å². The lowest BCUT2D eigenvalue weighted by atomic mass is 10.0. The van der Waals surface area contributed by atoms with Gasteiger partial charge in [-0.1, -0.05) is 18.6 Å². The topological polar surface area (TPSA) is 41.8 Å². The SMILES string of the molecule is NC1CCCCc2[nH]c3c(Br)cccc3c21. The van der Waals surface area contributed by atoms with E-state index >= 15 is 0 Å². The zero-order valence-corrected chi connectivity index (χ0v) is 10.7. The lowest BCUT2D eigenvalue weighted by Gasteiger charge is -2.09.